The molecule has 124 valence electrons. The monoisotopic (exact) mass is 331 g/mol. The third-order valence-corrected chi connectivity index (χ3v) is 5.88. The van der Waals surface area contributed by atoms with Crippen molar-refractivity contribution in [3.05, 3.63) is 17.0 Å². The average Bonchev–Trinajstić information content (AvgIpc) is 2.92. The third kappa shape index (κ3) is 3.16. The molecule has 1 aliphatic rings. The Labute approximate surface area is 129 Å². The largest absolute Gasteiger partial charge is 0.391 e. The molecule has 8 nitrogen and oxygen atoms in total. The predicted molar refractivity (Wildman–Crippen MR) is 78.9 cm³/mol. The number of β-amino-alcohol motifs (C(OH)–C–C–N with tert-alkyl or cyclic N) is 1. The number of hydrogen-bond donors (Lipinski definition) is 1. The Morgan fingerprint density at radius 3 is 2.55 bits per heavy atom. The number of hydrogen-bond acceptors (Lipinski definition) is 6. The summed E-state index contributed by atoms with van der Waals surface area (Å²) >= 11 is 0. The number of nitrogens with zero attached hydrogens (tertiary/aromatic N) is 3. The summed E-state index contributed by atoms with van der Waals surface area (Å²) in [5.41, 5.74) is 0.865. The Morgan fingerprint density at radius 1 is 1.41 bits per heavy atom. The van der Waals surface area contributed by atoms with E-state index >= 15 is 0 Å². The minimum Gasteiger partial charge on any atom is -0.391 e. The van der Waals surface area contributed by atoms with Crippen LogP contribution in [-0.2, 0) is 10.0 Å². The van der Waals surface area contributed by atoms with Crippen LogP contribution in [0.4, 0.5) is 0 Å². The van der Waals surface area contributed by atoms with E-state index in [-0.39, 0.29) is 24.7 Å². The van der Waals surface area contributed by atoms with Crippen LogP contribution in [0.2, 0.25) is 0 Å². The van der Waals surface area contributed by atoms with Crippen LogP contribution in [0.25, 0.3) is 0 Å². The molecule has 1 aromatic heterocycles. The molecule has 0 unspecified atom stereocenters. The number of rotatable bonds is 4. The van der Waals surface area contributed by atoms with E-state index in [0.29, 0.717) is 17.0 Å². The molecule has 1 aromatic rings. The number of sulfonamides is 1. The molecule has 1 fully saturated rings. The van der Waals surface area contributed by atoms with Crippen LogP contribution >= 0.6 is 0 Å². The van der Waals surface area contributed by atoms with E-state index in [2.05, 4.69) is 5.16 Å². The number of aliphatic hydroxyl groups excluding tert-OH is 1. The molecule has 1 N–H and O–H groups in total. The molecule has 2 atom stereocenters. The Kier molecular flexibility index (Phi) is 4.59. The number of aryl methyl sites for hydroxylation is 2. The first-order valence-electron chi connectivity index (χ1n) is 6.94. The van der Waals surface area contributed by atoms with Crippen LogP contribution in [0.1, 0.15) is 21.8 Å². The SMILES string of the molecule is Cc1noc(C)c1C(=O)N1C[C@@H](CS(=O)(=O)N(C)C)[C@H](O)C1. The molecule has 9 heteroatoms. The summed E-state index contributed by atoms with van der Waals surface area (Å²) < 4.78 is 30.0. The molecule has 0 aliphatic carbocycles. The molecule has 0 aromatic carbocycles. The molecule has 0 bridgehead atoms. The lowest BCUT2D eigenvalue weighted by Crippen LogP contribution is -2.33. The van der Waals surface area contributed by atoms with Crippen molar-refractivity contribution in [1.82, 2.24) is 14.4 Å². The summed E-state index contributed by atoms with van der Waals surface area (Å²) in [5, 5.41) is 13.8. The molecular formula is C13H21N3O5S. The molecule has 1 amide bonds. The second-order valence-corrected chi connectivity index (χ2v) is 8.03. The van der Waals surface area contributed by atoms with Gasteiger partial charge in [-0.05, 0) is 13.8 Å². The fourth-order valence-electron chi connectivity index (χ4n) is 2.55. The van der Waals surface area contributed by atoms with Gasteiger partial charge in [0.05, 0.1) is 17.6 Å². The van der Waals surface area contributed by atoms with E-state index in [1.807, 2.05) is 0 Å². The molecule has 0 radical (unpaired) electrons. The summed E-state index contributed by atoms with van der Waals surface area (Å²) in [4.78, 5) is 13.9. The maximum absolute atomic E-state index is 12.5. The van der Waals surface area contributed by atoms with Crippen LogP contribution in [0.15, 0.2) is 4.52 Å². The molecule has 1 saturated heterocycles. The molecule has 2 heterocycles. The van der Waals surface area contributed by atoms with E-state index in [1.165, 1.54) is 19.0 Å². The summed E-state index contributed by atoms with van der Waals surface area (Å²) in [6.45, 7) is 3.62. The van der Waals surface area contributed by atoms with Gasteiger partial charge in [-0.2, -0.15) is 0 Å². The second kappa shape index (κ2) is 5.98. The number of aromatic nitrogens is 1. The van der Waals surface area contributed by atoms with E-state index < -0.39 is 22.0 Å². The second-order valence-electron chi connectivity index (χ2n) is 5.80. The minimum absolute atomic E-state index is 0.108. The third-order valence-electron chi connectivity index (χ3n) is 3.92. The van der Waals surface area contributed by atoms with Crippen molar-refractivity contribution in [3.63, 3.8) is 0 Å². The van der Waals surface area contributed by atoms with Crippen molar-refractivity contribution in [2.24, 2.45) is 5.92 Å². The molecule has 0 spiro atoms. The lowest BCUT2D eigenvalue weighted by Gasteiger charge is -2.18. The first-order valence-corrected chi connectivity index (χ1v) is 8.54. The van der Waals surface area contributed by atoms with Gasteiger partial charge in [0.15, 0.2) is 0 Å². The molecule has 22 heavy (non-hydrogen) atoms. The predicted octanol–water partition coefficient (Wildman–Crippen LogP) is -0.384. The highest BCUT2D eigenvalue weighted by Crippen LogP contribution is 2.23. The van der Waals surface area contributed by atoms with E-state index in [1.54, 1.807) is 13.8 Å². The zero-order valence-corrected chi connectivity index (χ0v) is 13.9. The van der Waals surface area contributed by atoms with Gasteiger partial charge in [0.1, 0.15) is 11.3 Å². The first-order chi connectivity index (χ1) is 10.1. The number of aliphatic hydroxyl groups is 1. The van der Waals surface area contributed by atoms with E-state index in [4.69, 9.17) is 4.52 Å². The van der Waals surface area contributed by atoms with E-state index in [0.717, 1.165) is 4.31 Å². The summed E-state index contributed by atoms with van der Waals surface area (Å²) in [6, 6.07) is 0. The van der Waals surface area contributed by atoms with Crippen molar-refractivity contribution in [2.75, 3.05) is 32.9 Å². The van der Waals surface area contributed by atoms with Gasteiger partial charge >= 0.3 is 0 Å². The maximum Gasteiger partial charge on any atom is 0.259 e. The zero-order chi connectivity index (χ0) is 16.7. The molecular weight excluding hydrogens is 310 g/mol. The highest BCUT2D eigenvalue weighted by atomic mass is 32.2. The topological polar surface area (TPSA) is 104 Å². The van der Waals surface area contributed by atoms with Gasteiger partial charge in [-0.25, -0.2) is 12.7 Å². The standard InChI is InChI=1S/C13H21N3O5S/c1-8-12(9(2)21-14-8)13(18)16-5-10(11(17)6-16)7-22(19,20)15(3)4/h10-11,17H,5-7H2,1-4H3/t10-,11+/m0/s1. The number of likely N-dealkylation sites (tertiary alicyclic amines) is 1. The first kappa shape index (κ1) is 16.9. The summed E-state index contributed by atoms with van der Waals surface area (Å²) in [7, 11) is -0.534. The van der Waals surface area contributed by atoms with Gasteiger partial charge in [0.2, 0.25) is 10.0 Å². The highest BCUT2D eigenvalue weighted by Gasteiger charge is 2.38. The maximum atomic E-state index is 12.5. The minimum atomic E-state index is -3.43. The normalized spacial score (nSPS) is 22.5. The van der Waals surface area contributed by atoms with Gasteiger partial charge in [-0.15, -0.1) is 0 Å². The zero-order valence-electron chi connectivity index (χ0n) is 13.1. The van der Waals surface area contributed by atoms with Crippen molar-refractivity contribution < 1.29 is 22.8 Å². The number of carbonyl (C=O) groups is 1. The van der Waals surface area contributed by atoms with Crippen molar-refractivity contribution in [1.29, 1.82) is 0 Å². The quantitative estimate of drug-likeness (QED) is 0.806. The van der Waals surface area contributed by atoms with Crippen LogP contribution in [0, 0.1) is 19.8 Å². The number of carbonyl (C=O) groups excluding carboxylic acids is 1. The summed E-state index contributed by atoms with van der Waals surface area (Å²) in [5.74, 6) is -0.565. The lowest BCUT2D eigenvalue weighted by molar-refractivity contribution is 0.0762. The fourth-order valence-corrected chi connectivity index (χ4v) is 3.72. The van der Waals surface area contributed by atoms with Crippen molar-refractivity contribution in [3.8, 4) is 0 Å². The Bertz CT molecular complexity index is 648. The van der Waals surface area contributed by atoms with Crippen molar-refractivity contribution in [2.45, 2.75) is 20.0 Å². The van der Waals surface area contributed by atoms with Crippen LogP contribution in [0.3, 0.4) is 0 Å². The van der Waals surface area contributed by atoms with Gasteiger partial charge in [-0.1, -0.05) is 5.16 Å². The van der Waals surface area contributed by atoms with Gasteiger partial charge in [-0.3, -0.25) is 4.79 Å². The van der Waals surface area contributed by atoms with Crippen LogP contribution in [0.5, 0.6) is 0 Å². The average molecular weight is 331 g/mol. The van der Waals surface area contributed by atoms with Crippen molar-refractivity contribution >= 4 is 15.9 Å². The van der Waals surface area contributed by atoms with Gasteiger partial charge in [0.25, 0.3) is 5.91 Å². The Morgan fingerprint density at radius 2 is 2.05 bits per heavy atom. The van der Waals surface area contributed by atoms with E-state index in [9.17, 15) is 18.3 Å². The highest BCUT2D eigenvalue weighted by molar-refractivity contribution is 7.89. The Hall–Kier alpha value is -1.45. The molecule has 0 saturated carbocycles. The Balaban J connectivity index is 2.13. The van der Waals surface area contributed by atoms with Crippen LogP contribution in [-0.4, -0.2) is 72.8 Å². The number of amides is 1. The van der Waals surface area contributed by atoms with Gasteiger partial charge < -0.3 is 14.5 Å². The van der Waals surface area contributed by atoms with Gasteiger partial charge in [0, 0.05) is 33.1 Å². The molecule has 1 aliphatic heterocycles. The lowest BCUT2D eigenvalue weighted by atomic mass is 10.1. The fraction of sp³-hybridized carbons (Fsp3) is 0.692. The summed E-state index contributed by atoms with van der Waals surface area (Å²) in [6.07, 6.45) is -0.862. The van der Waals surface area contributed by atoms with Crippen LogP contribution < -0.4 is 0 Å². The smallest absolute Gasteiger partial charge is 0.259 e. The molecule has 2 rings (SSSR count).